The van der Waals surface area contributed by atoms with Crippen LogP contribution in [-0.4, -0.2) is 47.0 Å². The number of aromatic nitrogens is 1. The summed E-state index contributed by atoms with van der Waals surface area (Å²) in [5.74, 6) is 0.512. The van der Waals surface area contributed by atoms with E-state index >= 15 is 0 Å². The van der Waals surface area contributed by atoms with Crippen molar-refractivity contribution in [2.75, 3.05) is 26.2 Å². The molecule has 5 nitrogen and oxygen atoms in total. The molecule has 132 valence electrons. The Morgan fingerprint density at radius 3 is 2.68 bits per heavy atom. The number of amides is 1. The van der Waals surface area contributed by atoms with Crippen molar-refractivity contribution in [1.29, 1.82) is 0 Å². The van der Waals surface area contributed by atoms with Gasteiger partial charge in [0, 0.05) is 44.4 Å². The average molecular weight is 343 g/mol. The quantitative estimate of drug-likeness (QED) is 0.801. The van der Waals surface area contributed by atoms with Crippen LogP contribution in [0.2, 0.25) is 0 Å². The Labute approximate surface area is 146 Å². The van der Waals surface area contributed by atoms with Gasteiger partial charge in [0.15, 0.2) is 0 Å². The minimum absolute atomic E-state index is 0.0405. The molecule has 0 aliphatic carbocycles. The fourth-order valence-electron chi connectivity index (χ4n) is 2.96. The van der Waals surface area contributed by atoms with Crippen LogP contribution in [0.15, 0.2) is 34.9 Å². The lowest BCUT2D eigenvalue weighted by Crippen LogP contribution is -2.47. The number of benzene rings is 1. The van der Waals surface area contributed by atoms with Gasteiger partial charge in [0.1, 0.15) is 11.6 Å². The number of aryl methyl sites for hydroxylation is 2. The first-order chi connectivity index (χ1) is 12.0. The summed E-state index contributed by atoms with van der Waals surface area (Å²) in [6.45, 7) is 7.63. The zero-order valence-electron chi connectivity index (χ0n) is 14.5. The largest absolute Gasteiger partial charge is 0.361 e. The van der Waals surface area contributed by atoms with Crippen LogP contribution >= 0.6 is 0 Å². The van der Waals surface area contributed by atoms with E-state index in [1.54, 1.807) is 18.2 Å². The first kappa shape index (κ1) is 17.4. The standard InChI is InChI=1S/C19H22FN3O2/c1-14-18(15(2)25-21-14)13-22-8-10-23(11-9-22)19(24)7-6-16-4-3-5-17(20)12-16/h3-7,12H,8-11,13H2,1-2H3/b7-6-. The number of carbonyl (C=O) groups is 1. The molecule has 1 amide bonds. The molecule has 1 saturated heterocycles. The first-order valence-corrected chi connectivity index (χ1v) is 8.39. The summed E-state index contributed by atoms with van der Waals surface area (Å²) in [5, 5.41) is 3.98. The Morgan fingerprint density at radius 1 is 1.28 bits per heavy atom. The molecule has 1 aromatic carbocycles. The second-order valence-electron chi connectivity index (χ2n) is 6.29. The van der Waals surface area contributed by atoms with Gasteiger partial charge in [-0.2, -0.15) is 0 Å². The van der Waals surface area contributed by atoms with Gasteiger partial charge < -0.3 is 9.42 Å². The van der Waals surface area contributed by atoms with Gasteiger partial charge in [0.2, 0.25) is 5.91 Å². The van der Waals surface area contributed by atoms with Crippen LogP contribution in [0.25, 0.3) is 6.08 Å². The Hall–Kier alpha value is -2.47. The van der Waals surface area contributed by atoms with E-state index in [1.807, 2.05) is 18.7 Å². The number of piperazine rings is 1. The van der Waals surface area contributed by atoms with Crippen molar-refractivity contribution < 1.29 is 13.7 Å². The second-order valence-corrected chi connectivity index (χ2v) is 6.29. The average Bonchev–Trinajstić information content (AvgIpc) is 2.92. The molecule has 3 rings (SSSR count). The molecule has 6 heteroatoms. The fourth-order valence-corrected chi connectivity index (χ4v) is 2.96. The predicted molar refractivity (Wildman–Crippen MR) is 93.3 cm³/mol. The molecule has 1 aliphatic rings. The predicted octanol–water partition coefficient (Wildman–Crippen LogP) is 2.79. The van der Waals surface area contributed by atoms with Gasteiger partial charge in [-0.05, 0) is 37.6 Å². The van der Waals surface area contributed by atoms with Gasteiger partial charge in [-0.15, -0.1) is 0 Å². The molecule has 0 atom stereocenters. The molecule has 25 heavy (non-hydrogen) atoms. The van der Waals surface area contributed by atoms with Crippen molar-refractivity contribution in [2.45, 2.75) is 20.4 Å². The molecular formula is C19H22FN3O2. The monoisotopic (exact) mass is 343 g/mol. The van der Waals surface area contributed by atoms with E-state index < -0.39 is 0 Å². The van der Waals surface area contributed by atoms with Gasteiger partial charge >= 0.3 is 0 Å². The lowest BCUT2D eigenvalue weighted by Gasteiger charge is -2.34. The van der Waals surface area contributed by atoms with E-state index in [4.69, 9.17) is 4.52 Å². The third-order valence-electron chi connectivity index (χ3n) is 4.51. The van der Waals surface area contributed by atoms with Crippen LogP contribution in [0.1, 0.15) is 22.6 Å². The third-order valence-corrected chi connectivity index (χ3v) is 4.51. The van der Waals surface area contributed by atoms with Crippen LogP contribution in [0, 0.1) is 19.7 Å². The molecule has 0 unspecified atom stereocenters. The molecular weight excluding hydrogens is 321 g/mol. The summed E-state index contributed by atoms with van der Waals surface area (Å²) < 4.78 is 18.4. The lowest BCUT2D eigenvalue weighted by atomic mass is 10.1. The smallest absolute Gasteiger partial charge is 0.246 e. The Bertz CT molecular complexity index is 757. The summed E-state index contributed by atoms with van der Waals surface area (Å²) >= 11 is 0. The van der Waals surface area contributed by atoms with E-state index in [0.717, 1.165) is 36.7 Å². The number of hydrogen-bond acceptors (Lipinski definition) is 4. The maximum absolute atomic E-state index is 13.2. The molecule has 0 radical (unpaired) electrons. The number of nitrogens with zero attached hydrogens (tertiary/aromatic N) is 3. The van der Waals surface area contributed by atoms with Crippen LogP contribution < -0.4 is 0 Å². The highest BCUT2D eigenvalue weighted by atomic mass is 19.1. The highest BCUT2D eigenvalue weighted by Crippen LogP contribution is 2.16. The van der Waals surface area contributed by atoms with Crippen molar-refractivity contribution in [2.24, 2.45) is 0 Å². The van der Waals surface area contributed by atoms with Crippen molar-refractivity contribution in [3.63, 3.8) is 0 Å². The molecule has 1 fully saturated rings. The second kappa shape index (κ2) is 7.61. The van der Waals surface area contributed by atoms with Crippen molar-refractivity contribution >= 4 is 12.0 Å². The first-order valence-electron chi connectivity index (χ1n) is 8.39. The zero-order chi connectivity index (χ0) is 17.8. The molecule has 1 aliphatic heterocycles. The Kier molecular flexibility index (Phi) is 5.28. The Morgan fingerprint density at radius 2 is 2.04 bits per heavy atom. The fraction of sp³-hybridized carbons (Fsp3) is 0.368. The summed E-state index contributed by atoms with van der Waals surface area (Å²) in [5.41, 5.74) is 2.74. The highest BCUT2D eigenvalue weighted by molar-refractivity contribution is 5.91. The SMILES string of the molecule is Cc1noc(C)c1CN1CCN(C(=O)/C=C\c2cccc(F)c2)CC1. The maximum Gasteiger partial charge on any atom is 0.246 e. The minimum Gasteiger partial charge on any atom is -0.361 e. The normalized spacial score (nSPS) is 15.9. The third kappa shape index (κ3) is 4.33. The number of halogens is 1. The van der Waals surface area contributed by atoms with Gasteiger partial charge in [0.05, 0.1) is 5.69 Å². The molecule has 0 spiro atoms. The molecule has 2 heterocycles. The van der Waals surface area contributed by atoms with Crippen LogP contribution in [0.5, 0.6) is 0 Å². The highest BCUT2D eigenvalue weighted by Gasteiger charge is 2.21. The van der Waals surface area contributed by atoms with Crippen molar-refractivity contribution in [3.05, 3.63) is 58.7 Å². The minimum atomic E-state index is -0.303. The van der Waals surface area contributed by atoms with Gasteiger partial charge in [-0.25, -0.2) is 4.39 Å². The summed E-state index contributed by atoms with van der Waals surface area (Å²) in [7, 11) is 0. The van der Waals surface area contributed by atoms with E-state index in [-0.39, 0.29) is 11.7 Å². The number of rotatable bonds is 4. The van der Waals surface area contributed by atoms with Gasteiger partial charge in [0.25, 0.3) is 0 Å². The topological polar surface area (TPSA) is 49.6 Å². The molecule has 1 aromatic heterocycles. The molecule has 0 saturated carbocycles. The lowest BCUT2D eigenvalue weighted by molar-refractivity contribution is -0.127. The van der Waals surface area contributed by atoms with Crippen molar-refractivity contribution in [1.82, 2.24) is 15.0 Å². The van der Waals surface area contributed by atoms with E-state index in [9.17, 15) is 9.18 Å². The Balaban J connectivity index is 1.52. The summed E-state index contributed by atoms with van der Waals surface area (Å²) in [6.07, 6.45) is 3.17. The zero-order valence-corrected chi connectivity index (χ0v) is 14.5. The van der Waals surface area contributed by atoms with Crippen LogP contribution in [0.3, 0.4) is 0 Å². The summed E-state index contributed by atoms with van der Waals surface area (Å²) in [4.78, 5) is 16.4. The van der Waals surface area contributed by atoms with E-state index in [0.29, 0.717) is 18.7 Å². The number of hydrogen-bond donors (Lipinski definition) is 0. The van der Waals surface area contributed by atoms with Crippen LogP contribution in [-0.2, 0) is 11.3 Å². The van der Waals surface area contributed by atoms with Gasteiger partial charge in [-0.1, -0.05) is 17.3 Å². The number of carbonyl (C=O) groups excluding carboxylic acids is 1. The molecule has 0 N–H and O–H groups in total. The van der Waals surface area contributed by atoms with Crippen molar-refractivity contribution in [3.8, 4) is 0 Å². The molecule has 0 bridgehead atoms. The van der Waals surface area contributed by atoms with E-state index in [2.05, 4.69) is 10.1 Å². The van der Waals surface area contributed by atoms with E-state index in [1.165, 1.54) is 18.2 Å². The van der Waals surface area contributed by atoms with Crippen LogP contribution in [0.4, 0.5) is 4.39 Å². The molecule has 2 aromatic rings. The summed E-state index contributed by atoms with van der Waals surface area (Å²) in [6, 6.07) is 6.20. The van der Waals surface area contributed by atoms with Gasteiger partial charge in [-0.3, -0.25) is 9.69 Å². The maximum atomic E-state index is 13.2.